The zero-order valence-electron chi connectivity index (χ0n) is 20.7. The summed E-state index contributed by atoms with van der Waals surface area (Å²) in [5, 5.41) is 0.175. The van der Waals surface area contributed by atoms with Crippen LogP contribution in [0.2, 0.25) is 18.1 Å². The van der Waals surface area contributed by atoms with Gasteiger partial charge < -0.3 is 18.6 Å². The summed E-state index contributed by atoms with van der Waals surface area (Å²) in [6.07, 6.45) is 4.47. The minimum atomic E-state index is -1.88. The Bertz CT molecular complexity index is 782. The summed E-state index contributed by atoms with van der Waals surface area (Å²) in [4.78, 5) is 0.237. The van der Waals surface area contributed by atoms with E-state index < -0.39 is 8.32 Å². The summed E-state index contributed by atoms with van der Waals surface area (Å²) < 4.78 is 26.7. The molecular formula is C26H41BrO4Si. The lowest BCUT2D eigenvalue weighted by atomic mass is 9.74. The smallest absolute Gasteiger partial charge is 0.192 e. The fraction of sp³-hybridized carbons (Fsp3) is 0.769. The van der Waals surface area contributed by atoms with E-state index in [0.717, 1.165) is 32.3 Å². The number of benzene rings is 1. The van der Waals surface area contributed by atoms with Crippen LogP contribution in [0.25, 0.3) is 0 Å². The number of halogens is 1. The van der Waals surface area contributed by atoms with Gasteiger partial charge in [-0.15, -0.1) is 0 Å². The van der Waals surface area contributed by atoms with E-state index in [1.165, 1.54) is 5.56 Å². The number of ether oxygens (including phenoxy) is 3. The molecule has 1 aromatic carbocycles. The predicted octanol–water partition coefficient (Wildman–Crippen LogP) is 6.47. The molecular weight excluding hydrogens is 484 g/mol. The SMILES string of the molecule is CC(C)(C)[Si](C)(C)OC[C@]1(C)O[C@@H]2[C@@H](Br)CO[C@@]23CCC[C@H](OCc2ccccc2)C[C@@H]31. The van der Waals surface area contributed by atoms with Crippen molar-refractivity contribution in [1.29, 1.82) is 0 Å². The van der Waals surface area contributed by atoms with Gasteiger partial charge in [-0.3, -0.25) is 0 Å². The molecule has 2 heterocycles. The summed E-state index contributed by atoms with van der Waals surface area (Å²) >= 11 is 3.86. The predicted molar refractivity (Wildman–Crippen MR) is 135 cm³/mol. The van der Waals surface area contributed by atoms with Crippen LogP contribution >= 0.6 is 15.9 Å². The van der Waals surface area contributed by atoms with Crippen LogP contribution < -0.4 is 0 Å². The molecule has 0 N–H and O–H groups in total. The van der Waals surface area contributed by atoms with Crippen LogP contribution in [0.15, 0.2) is 30.3 Å². The molecule has 1 aliphatic carbocycles. The first kappa shape index (κ1) is 24.9. The van der Waals surface area contributed by atoms with Gasteiger partial charge in [-0.25, -0.2) is 0 Å². The highest BCUT2D eigenvalue weighted by atomic mass is 79.9. The number of hydrogen-bond acceptors (Lipinski definition) is 4. The standard InChI is InChI=1S/C26H41BrO4Si/c1-24(2,3)32(5,6)30-18-25(4)22-15-20(28-16-19-11-8-7-9-12-19)13-10-14-26(22)23(31-25)21(27)17-29-26/h7-9,11-12,20-23H,10,13-18H2,1-6H3/t20-,21-,22+,23+,25-,26+/m0/s1. The van der Waals surface area contributed by atoms with Crippen molar-refractivity contribution in [3.05, 3.63) is 35.9 Å². The largest absolute Gasteiger partial charge is 0.414 e. The van der Waals surface area contributed by atoms with Crippen LogP contribution in [0.5, 0.6) is 0 Å². The van der Waals surface area contributed by atoms with Crippen LogP contribution in [0, 0.1) is 5.92 Å². The maximum absolute atomic E-state index is 6.87. The Balaban J connectivity index is 1.54. The van der Waals surface area contributed by atoms with Crippen molar-refractivity contribution >= 4 is 24.2 Å². The van der Waals surface area contributed by atoms with Crippen LogP contribution in [-0.4, -0.2) is 49.8 Å². The first-order valence-corrected chi connectivity index (χ1v) is 16.0. The van der Waals surface area contributed by atoms with E-state index in [1.54, 1.807) is 0 Å². The Kier molecular flexibility index (Phi) is 7.06. The molecule has 0 aromatic heterocycles. The number of hydrogen-bond donors (Lipinski definition) is 0. The van der Waals surface area contributed by atoms with E-state index in [4.69, 9.17) is 18.6 Å². The molecule has 1 spiro atoms. The minimum Gasteiger partial charge on any atom is -0.414 e. The van der Waals surface area contributed by atoms with Crippen molar-refractivity contribution in [2.75, 3.05) is 13.2 Å². The van der Waals surface area contributed by atoms with Crippen LogP contribution in [0.4, 0.5) is 0 Å². The van der Waals surface area contributed by atoms with Gasteiger partial charge in [0.15, 0.2) is 8.32 Å². The lowest BCUT2D eigenvalue weighted by Crippen LogP contribution is -2.51. The highest BCUT2D eigenvalue weighted by Crippen LogP contribution is 2.57. The molecule has 1 saturated carbocycles. The van der Waals surface area contributed by atoms with Gasteiger partial charge in [0.25, 0.3) is 0 Å². The van der Waals surface area contributed by atoms with Crippen molar-refractivity contribution in [3.8, 4) is 0 Å². The third-order valence-electron chi connectivity index (χ3n) is 8.49. The third kappa shape index (κ3) is 4.65. The molecule has 4 nitrogen and oxygen atoms in total. The third-order valence-corrected chi connectivity index (χ3v) is 13.7. The Morgan fingerprint density at radius 2 is 1.91 bits per heavy atom. The van der Waals surface area contributed by atoms with Gasteiger partial charge in [0.2, 0.25) is 0 Å². The van der Waals surface area contributed by atoms with Crippen molar-refractivity contribution < 1.29 is 18.6 Å². The molecule has 3 fully saturated rings. The maximum Gasteiger partial charge on any atom is 0.192 e. The molecule has 2 aliphatic heterocycles. The quantitative estimate of drug-likeness (QED) is 0.315. The van der Waals surface area contributed by atoms with Gasteiger partial charge in [0, 0.05) is 5.92 Å². The maximum atomic E-state index is 6.87. The van der Waals surface area contributed by atoms with Gasteiger partial charge in [0.05, 0.1) is 36.4 Å². The van der Waals surface area contributed by atoms with Crippen molar-refractivity contribution in [3.63, 3.8) is 0 Å². The molecule has 1 aromatic rings. The first-order valence-electron chi connectivity index (χ1n) is 12.2. The highest BCUT2D eigenvalue weighted by Gasteiger charge is 2.67. The zero-order valence-corrected chi connectivity index (χ0v) is 23.2. The average Bonchev–Trinajstić information content (AvgIpc) is 3.06. The van der Waals surface area contributed by atoms with E-state index in [-0.39, 0.29) is 39.2 Å². The second kappa shape index (κ2) is 9.08. The van der Waals surface area contributed by atoms with Crippen molar-refractivity contribution in [1.82, 2.24) is 0 Å². The topological polar surface area (TPSA) is 36.9 Å². The van der Waals surface area contributed by atoms with Crippen LogP contribution in [0.1, 0.15) is 58.9 Å². The molecule has 180 valence electrons. The van der Waals surface area contributed by atoms with E-state index in [2.05, 4.69) is 87.1 Å². The van der Waals surface area contributed by atoms with Gasteiger partial charge in [-0.2, -0.15) is 0 Å². The average molecular weight is 526 g/mol. The van der Waals surface area contributed by atoms with Crippen molar-refractivity contribution in [2.24, 2.45) is 5.92 Å². The highest BCUT2D eigenvalue weighted by molar-refractivity contribution is 9.09. The molecule has 4 rings (SSSR count). The van der Waals surface area contributed by atoms with Gasteiger partial charge in [0.1, 0.15) is 11.7 Å². The monoisotopic (exact) mass is 524 g/mol. The molecule has 6 heteroatoms. The van der Waals surface area contributed by atoms with Gasteiger partial charge in [-0.1, -0.05) is 67.0 Å². The summed E-state index contributed by atoms with van der Waals surface area (Å²) in [7, 11) is -1.88. The lowest BCUT2D eigenvalue weighted by molar-refractivity contribution is -0.0881. The molecule has 0 bridgehead atoms. The Labute approximate surface area is 204 Å². The molecule has 32 heavy (non-hydrogen) atoms. The van der Waals surface area contributed by atoms with Gasteiger partial charge >= 0.3 is 0 Å². The number of alkyl halides is 1. The summed E-state index contributed by atoms with van der Waals surface area (Å²) in [5.41, 5.74) is 0.629. The second-order valence-corrected chi connectivity index (χ2v) is 17.8. The van der Waals surface area contributed by atoms with Crippen LogP contribution in [0.3, 0.4) is 0 Å². The molecule has 0 unspecified atom stereocenters. The number of rotatable bonds is 6. The summed E-state index contributed by atoms with van der Waals surface area (Å²) in [6.45, 7) is 15.8. The Morgan fingerprint density at radius 1 is 1.19 bits per heavy atom. The molecule has 6 atom stereocenters. The van der Waals surface area contributed by atoms with Crippen molar-refractivity contribution in [2.45, 2.75) is 106 Å². The van der Waals surface area contributed by atoms with Gasteiger partial charge in [-0.05, 0) is 56.3 Å². The van der Waals surface area contributed by atoms with E-state index in [9.17, 15) is 0 Å². The van der Waals surface area contributed by atoms with Crippen LogP contribution in [-0.2, 0) is 25.2 Å². The lowest BCUT2D eigenvalue weighted by Gasteiger charge is -2.42. The Morgan fingerprint density at radius 3 is 2.59 bits per heavy atom. The van der Waals surface area contributed by atoms with E-state index >= 15 is 0 Å². The normalized spacial score (nSPS) is 37.7. The molecule has 0 amide bonds. The summed E-state index contributed by atoms with van der Waals surface area (Å²) in [6, 6.07) is 10.5. The van der Waals surface area contributed by atoms with E-state index in [0.29, 0.717) is 13.2 Å². The molecule has 0 radical (unpaired) electrons. The second-order valence-electron chi connectivity index (χ2n) is 11.8. The fourth-order valence-electron chi connectivity index (χ4n) is 5.51. The minimum absolute atomic E-state index is 0.0772. The first-order chi connectivity index (χ1) is 15.0. The fourth-order valence-corrected chi connectivity index (χ4v) is 7.28. The molecule has 2 saturated heterocycles. The molecule has 3 aliphatic rings. The summed E-state index contributed by atoms with van der Waals surface area (Å²) in [5.74, 6) is 0.260. The Hall–Kier alpha value is -0.243. The zero-order chi connectivity index (χ0) is 23.2. The van der Waals surface area contributed by atoms with E-state index in [1.807, 2.05) is 0 Å².